The van der Waals surface area contributed by atoms with Crippen LogP contribution in [0.1, 0.15) is 114 Å². The molecule has 1 aliphatic carbocycles. The molecule has 0 amide bonds. The normalized spacial score (nSPS) is 14.2. The third-order valence-electron chi connectivity index (χ3n) is 13.1. The van der Waals surface area contributed by atoms with E-state index in [0.29, 0.717) is 23.0 Å². The van der Waals surface area contributed by atoms with Crippen molar-refractivity contribution in [2.45, 2.75) is 97.3 Å². The van der Waals surface area contributed by atoms with Gasteiger partial charge in [-0.1, -0.05) is 97.2 Å². The Kier molecular flexibility index (Phi) is 12.2. The molecule has 0 N–H and O–H groups in total. The molecule has 0 spiro atoms. The number of aromatic nitrogens is 2. The van der Waals surface area contributed by atoms with Gasteiger partial charge in [-0.15, -0.1) is 53.6 Å². The smallest absolute Gasteiger partial charge is 0.136 e. The van der Waals surface area contributed by atoms with Crippen LogP contribution in [0.3, 0.4) is 0 Å². The Bertz CT molecular complexity index is 3070. The Balaban J connectivity index is 0.00000548. The fourth-order valence-corrected chi connectivity index (χ4v) is 9.81. The molecule has 5 nitrogen and oxygen atoms in total. The van der Waals surface area contributed by atoms with E-state index < -0.39 is 17.5 Å². The topological polar surface area (TPSA) is 33.5 Å². The van der Waals surface area contributed by atoms with Crippen LogP contribution in [0, 0.1) is 36.3 Å². The van der Waals surface area contributed by atoms with E-state index in [1.807, 2.05) is 36.5 Å². The molecule has 0 radical (unpaired) electrons. The average Bonchev–Trinajstić information content (AvgIpc) is 4.03. The molecule has 0 unspecified atom stereocenters. The summed E-state index contributed by atoms with van der Waals surface area (Å²) < 4.78 is 53.8. The van der Waals surface area contributed by atoms with Gasteiger partial charge in [-0.05, 0) is 106 Å². The number of fused-ring (bicyclic) bond motifs is 4. The third-order valence-corrected chi connectivity index (χ3v) is 13.1. The van der Waals surface area contributed by atoms with Gasteiger partial charge in [0, 0.05) is 73.5 Å². The molecule has 2 aliphatic rings. The van der Waals surface area contributed by atoms with Gasteiger partial charge in [0.25, 0.3) is 0 Å². The largest absolute Gasteiger partial charge is 0.509 e. The number of para-hydroxylation sites is 3. The van der Waals surface area contributed by atoms with Crippen LogP contribution < -0.4 is 14.5 Å². The summed E-state index contributed by atoms with van der Waals surface area (Å²) in [5.41, 5.74) is 9.95. The predicted molar refractivity (Wildman–Crippen MR) is 258 cm³/mol. The number of ether oxygens (including phenoxy) is 1. The van der Waals surface area contributed by atoms with Crippen LogP contribution in [0.15, 0.2) is 115 Å². The SMILES string of the molecule is CC(C)c1cc(-c2c(F)cc(F)cc2F)cc(C(C)C)c1N1[CH-]N(c2[c-]c(Oc3[c-]c4c(cc3)c3ccccc3n4-c3cc(C(C)(C)C)ccn3)cc(C3CCCC3)c2)c2ccccc21.[Pt]. The van der Waals surface area contributed by atoms with Crippen molar-refractivity contribution in [1.82, 2.24) is 9.55 Å². The molecule has 3 heterocycles. The van der Waals surface area contributed by atoms with Gasteiger partial charge < -0.3 is 19.1 Å². The zero-order valence-electron chi connectivity index (χ0n) is 38.3. The number of rotatable bonds is 9. The first-order valence-electron chi connectivity index (χ1n) is 22.8. The van der Waals surface area contributed by atoms with E-state index in [0.717, 1.165) is 86.5 Å². The Morgan fingerprint density at radius 1 is 0.712 bits per heavy atom. The first-order valence-corrected chi connectivity index (χ1v) is 22.8. The number of anilines is 4. The summed E-state index contributed by atoms with van der Waals surface area (Å²) in [6.45, 7) is 17.1. The minimum absolute atomic E-state index is 0. The first kappa shape index (κ1) is 45.3. The number of hydrogen-bond acceptors (Lipinski definition) is 4. The van der Waals surface area contributed by atoms with Crippen molar-refractivity contribution in [2.24, 2.45) is 0 Å². The van der Waals surface area contributed by atoms with Crippen LogP contribution >= 0.6 is 0 Å². The van der Waals surface area contributed by atoms with Gasteiger partial charge in [0.05, 0.1) is 5.56 Å². The Hall–Kier alpha value is -5.85. The van der Waals surface area contributed by atoms with Crippen molar-refractivity contribution < 1.29 is 39.0 Å². The van der Waals surface area contributed by atoms with E-state index in [1.165, 1.54) is 24.0 Å². The summed E-state index contributed by atoms with van der Waals surface area (Å²) in [7, 11) is 0. The summed E-state index contributed by atoms with van der Waals surface area (Å²) in [5, 5.41) is 2.18. The van der Waals surface area contributed by atoms with Gasteiger partial charge in [0.1, 0.15) is 23.3 Å². The molecule has 0 saturated heterocycles. The van der Waals surface area contributed by atoms with Crippen molar-refractivity contribution in [1.29, 1.82) is 0 Å². The second kappa shape index (κ2) is 17.7. The number of halogens is 3. The molecule has 10 rings (SSSR count). The van der Waals surface area contributed by atoms with E-state index in [9.17, 15) is 4.39 Å². The van der Waals surface area contributed by atoms with Crippen LogP contribution in [0.25, 0.3) is 38.8 Å². The maximum Gasteiger partial charge on any atom is 0.136 e. The number of hydrogen-bond donors (Lipinski definition) is 0. The quantitative estimate of drug-likeness (QED) is 0.135. The van der Waals surface area contributed by atoms with Gasteiger partial charge in [-0.25, -0.2) is 18.2 Å². The van der Waals surface area contributed by atoms with Crippen LogP contribution in [0.5, 0.6) is 11.5 Å². The molecular formula is C57H52F3N4OPt-3. The van der Waals surface area contributed by atoms with E-state index in [2.05, 4.69) is 148 Å². The first-order chi connectivity index (χ1) is 31.2. The third kappa shape index (κ3) is 8.20. The van der Waals surface area contributed by atoms with Gasteiger partial charge in [0.15, 0.2) is 0 Å². The molecule has 8 aromatic rings. The van der Waals surface area contributed by atoms with Crippen LogP contribution in [0.4, 0.5) is 35.9 Å². The molecule has 0 bridgehead atoms. The molecule has 1 aliphatic heterocycles. The van der Waals surface area contributed by atoms with Gasteiger partial charge in [0.2, 0.25) is 0 Å². The monoisotopic (exact) mass is 1060 g/mol. The maximum absolute atomic E-state index is 15.3. The van der Waals surface area contributed by atoms with E-state index in [1.54, 1.807) is 0 Å². The number of benzene rings is 6. The summed E-state index contributed by atoms with van der Waals surface area (Å²) in [5.74, 6) is -0.468. The van der Waals surface area contributed by atoms with Gasteiger partial charge in [-0.2, -0.15) is 6.07 Å². The molecule has 1 saturated carbocycles. The standard InChI is InChI=1S/C57H52F3N4O.Pt/c1-34(2)46-26-38(55-48(59)29-40(58)30-49(55)60)27-47(35(3)4)56(46)63-33-62(51-18-12-13-19-52(51)63)41-24-37(36-14-8-9-15-36)25-43(31-41)65-42-20-21-45-44-16-10-11-17-50(44)64(53(45)32-42)54-28-39(22-23-61-54)57(5,6)7;/h10-13,16-30,33-36H,8-9,14-15H2,1-7H3;/q-3;. The zero-order valence-corrected chi connectivity index (χ0v) is 40.5. The van der Waals surface area contributed by atoms with E-state index in [-0.39, 0.29) is 43.9 Å². The molecule has 2 aromatic heterocycles. The van der Waals surface area contributed by atoms with Crippen LogP contribution in [0.2, 0.25) is 0 Å². The minimum atomic E-state index is -0.947. The maximum atomic E-state index is 15.3. The van der Waals surface area contributed by atoms with Crippen LogP contribution in [-0.4, -0.2) is 9.55 Å². The summed E-state index contributed by atoms with van der Waals surface area (Å²) in [6.07, 6.45) is 6.45. The van der Waals surface area contributed by atoms with Crippen molar-refractivity contribution in [3.8, 4) is 28.4 Å². The molecule has 9 heteroatoms. The Labute approximate surface area is 400 Å². The predicted octanol–water partition coefficient (Wildman–Crippen LogP) is 16.3. The molecular weight excluding hydrogens is 1010 g/mol. The summed E-state index contributed by atoms with van der Waals surface area (Å²) >= 11 is 0. The minimum Gasteiger partial charge on any atom is -0.509 e. The summed E-state index contributed by atoms with van der Waals surface area (Å²) in [6, 6.07) is 41.9. The zero-order chi connectivity index (χ0) is 45.3. The van der Waals surface area contributed by atoms with Gasteiger partial charge in [-0.3, -0.25) is 0 Å². The van der Waals surface area contributed by atoms with Crippen molar-refractivity contribution >= 4 is 44.6 Å². The molecule has 0 atom stereocenters. The van der Waals surface area contributed by atoms with Crippen LogP contribution in [-0.2, 0) is 26.5 Å². The number of pyridine rings is 1. The second-order valence-corrected chi connectivity index (χ2v) is 19.2. The molecule has 1 fully saturated rings. The Morgan fingerprint density at radius 2 is 1.36 bits per heavy atom. The fourth-order valence-electron chi connectivity index (χ4n) is 9.81. The van der Waals surface area contributed by atoms with Crippen molar-refractivity contribution in [2.75, 3.05) is 9.80 Å². The number of nitrogens with zero attached hydrogens (tertiary/aromatic N) is 4. The molecule has 340 valence electrons. The van der Waals surface area contributed by atoms with Gasteiger partial charge >= 0.3 is 0 Å². The average molecular weight is 1060 g/mol. The molecule has 6 aromatic carbocycles. The van der Waals surface area contributed by atoms with Crippen molar-refractivity contribution in [3.63, 3.8) is 0 Å². The second-order valence-electron chi connectivity index (χ2n) is 19.2. The molecule has 66 heavy (non-hydrogen) atoms. The Morgan fingerprint density at radius 3 is 2.03 bits per heavy atom. The van der Waals surface area contributed by atoms with Crippen molar-refractivity contribution in [3.05, 3.63) is 174 Å². The van der Waals surface area contributed by atoms with E-state index in [4.69, 9.17) is 9.72 Å². The summed E-state index contributed by atoms with van der Waals surface area (Å²) in [4.78, 5) is 9.23. The van der Waals surface area contributed by atoms with E-state index >= 15 is 8.78 Å². The fraction of sp³-hybridized carbons (Fsp3) is 0.263.